The molecule has 1 heterocycles. The zero-order chi connectivity index (χ0) is 21.2. The standard InChI is InChI=1S/C22H38FN5O.HI/c1-6-24-22(25-15-18(4)29-20-9-7-8-19(23)14-20)26-16-21(17(2)3)28-12-10-27(5)11-13-28;/h7-9,14,17-18,21H,6,10-13,15-16H2,1-5H3,(H2,24,25,26);1H. The van der Waals surface area contributed by atoms with Gasteiger partial charge in [-0.3, -0.25) is 9.89 Å². The lowest BCUT2D eigenvalue weighted by Gasteiger charge is -2.39. The Labute approximate surface area is 198 Å². The van der Waals surface area contributed by atoms with Crippen LogP contribution in [-0.4, -0.2) is 80.8 Å². The largest absolute Gasteiger partial charge is 0.489 e. The maximum Gasteiger partial charge on any atom is 0.191 e. The van der Waals surface area contributed by atoms with E-state index in [0.29, 0.717) is 24.3 Å². The third-order valence-corrected chi connectivity index (χ3v) is 5.25. The van der Waals surface area contributed by atoms with E-state index in [1.165, 1.54) is 12.1 Å². The molecule has 0 spiro atoms. The maximum atomic E-state index is 13.3. The SMILES string of the molecule is CCNC(=NCC(C(C)C)N1CCN(C)CC1)NCC(C)Oc1cccc(F)c1.I. The average Bonchev–Trinajstić information content (AvgIpc) is 2.67. The van der Waals surface area contributed by atoms with Gasteiger partial charge in [0.2, 0.25) is 0 Å². The van der Waals surface area contributed by atoms with Crippen molar-refractivity contribution < 1.29 is 9.13 Å². The minimum absolute atomic E-state index is 0. The molecule has 1 aromatic carbocycles. The summed E-state index contributed by atoms with van der Waals surface area (Å²) in [6, 6.07) is 6.67. The van der Waals surface area contributed by atoms with Crippen LogP contribution in [0, 0.1) is 11.7 Å². The van der Waals surface area contributed by atoms with Gasteiger partial charge in [0.25, 0.3) is 0 Å². The molecule has 0 aromatic heterocycles. The molecule has 2 rings (SSSR count). The van der Waals surface area contributed by atoms with E-state index in [1.54, 1.807) is 12.1 Å². The first-order valence-electron chi connectivity index (χ1n) is 10.8. The van der Waals surface area contributed by atoms with E-state index in [-0.39, 0.29) is 35.9 Å². The maximum absolute atomic E-state index is 13.3. The number of halogens is 2. The van der Waals surface area contributed by atoms with Crippen LogP contribution < -0.4 is 15.4 Å². The topological polar surface area (TPSA) is 52.1 Å². The van der Waals surface area contributed by atoms with E-state index >= 15 is 0 Å². The number of rotatable bonds is 9. The Kier molecular flexibility index (Phi) is 12.6. The minimum Gasteiger partial charge on any atom is -0.489 e. The first kappa shape index (κ1) is 26.9. The van der Waals surface area contributed by atoms with Crippen LogP contribution in [0.15, 0.2) is 29.3 Å². The number of benzene rings is 1. The highest BCUT2D eigenvalue weighted by molar-refractivity contribution is 14.0. The fraction of sp³-hybridized carbons (Fsp3) is 0.682. The molecule has 2 atom stereocenters. The van der Waals surface area contributed by atoms with Crippen LogP contribution in [0.4, 0.5) is 4.39 Å². The van der Waals surface area contributed by atoms with Crippen molar-refractivity contribution in [2.24, 2.45) is 10.9 Å². The average molecular weight is 535 g/mol. The van der Waals surface area contributed by atoms with Gasteiger partial charge in [-0.1, -0.05) is 19.9 Å². The zero-order valence-corrected chi connectivity index (χ0v) is 21.4. The summed E-state index contributed by atoms with van der Waals surface area (Å²) in [5.74, 6) is 1.58. The van der Waals surface area contributed by atoms with Crippen molar-refractivity contribution in [3.8, 4) is 5.75 Å². The predicted octanol–water partition coefficient (Wildman–Crippen LogP) is 3.04. The molecule has 2 unspecified atom stereocenters. The van der Waals surface area contributed by atoms with Gasteiger partial charge >= 0.3 is 0 Å². The van der Waals surface area contributed by atoms with E-state index in [9.17, 15) is 4.39 Å². The summed E-state index contributed by atoms with van der Waals surface area (Å²) in [7, 11) is 2.18. The zero-order valence-electron chi connectivity index (χ0n) is 19.0. The first-order chi connectivity index (χ1) is 13.9. The molecule has 0 amide bonds. The lowest BCUT2D eigenvalue weighted by Crippen LogP contribution is -2.52. The molecule has 172 valence electrons. The second-order valence-electron chi connectivity index (χ2n) is 8.14. The van der Waals surface area contributed by atoms with Crippen molar-refractivity contribution >= 4 is 29.9 Å². The molecule has 6 nitrogen and oxygen atoms in total. The molecular weight excluding hydrogens is 496 g/mol. The van der Waals surface area contributed by atoms with Crippen molar-refractivity contribution in [1.29, 1.82) is 0 Å². The quantitative estimate of drug-likeness (QED) is 0.289. The van der Waals surface area contributed by atoms with E-state index in [4.69, 9.17) is 9.73 Å². The number of ether oxygens (including phenoxy) is 1. The van der Waals surface area contributed by atoms with Crippen molar-refractivity contribution in [2.75, 3.05) is 52.9 Å². The summed E-state index contributed by atoms with van der Waals surface area (Å²) in [5.41, 5.74) is 0. The number of nitrogens with zero attached hydrogens (tertiary/aromatic N) is 3. The molecule has 8 heteroatoms. The molecule has 0 aliphatic carbocycles. The van der Waals surface area contributed by atoms with Gasteiger partial charge in [-0.2, -0.15) is 0 Å². The van der Waals surface area contributed by atoms with E-state index in [1.807, 2.05) is 6.92 Å². The molecule has 0 saturated carbocycles. The summed E-state index contributed by atoms with van der Waals surface area (Å²) in [5, 5.41) is 6.66. The Bertz CT molecular complexity index is 638. The molecule has 1 fully saturated rings. The lowest BCUT2D eigenvalue weighted by molar-refractivity contribution is 0.0925. The van der Waals surface area contributed by atoms with Crippen LogP contribution in [0.2, 0.25) is 0 Å². The first-order valence-corrected chi connectivity index (χ1v) is 10.8. The van der Waals surface area contributed by atoms with Crippen LogP contribution in [0.5, 0.6) is 5.75 Å². The van der Waals surface area contributed by atoms with Gasteiger partial charge < -0.3 is 20.3 Å². The van der Waals surface area contributed by atoms with Crippen LogP contribution in [0.3, 0.4) is 0 Å². The van der Waals surface area contributed by atoms with E-state index < -0.39 is 0 Å². The fourth-order valence-corrected chi connectivity index (χ4v) is 3.48. The van der Waals surface area contributed by atoms with Crippen molar-refractivity contribution in [2.45, 2.75) is 39.8 Å². The molecule has 1 saturated heterocycles. The van der Waals surface area contributed by atoms with Crippen LogP contribution in [0.25, 0.3) is 0 Å². The van der Waals surface area contributed by atoms with Gasteiger partial charge in [0.05, 0.1) is 13.1 Å². The number of aliphatic imine (C=N–C) groups is 1. The molecule has 0 radical (unpaired) electrons. The highest BCUT2D eigenvalue weighted by Crippen LogP contribution is 2.15. The third kappa shape index (κ3) is 9.34. The Balaban J connectivity index is 0.00000450. The molecule has 0 bridgehead atoms. The summed E-state index contributed by atoms with van der Waals surface area (Å²) >= 11 is 0. The molecule has 1 aromatic rings. The van der Waals surface area contributed by atoms with Gasteiger partial charge in [-0.05, 0) is 38.9 Å². The van der Waals surface area contributed by atoms with E-state index in [2.05, 4.69) is 48.3 Å². The molecule has 1 aliphatic heterocycles. The second kappa shape index (κ2) is 14.0. The van der Waals surface area contributed by atoms with Gasteiger partial charge in [-0.15, -0.1) is 24.0 Å². The number of hydrogen-bond donors (Lipinski definition) is 2. The molecule has 30 heavy (non-hydrogen) atoms. The highest BCUT2D eigenvalue weighted by atomic mass is 127. The number of hydrogen-bond acceptors (Lipinski definition) is 4. The molecular formula is C22H39FIN5O. The fourth-order valence-electron chi connectivity index (χ4n) is 3.48. The number of piperazine rings is 1. The molecule has 1 aliphatic rings. The molecule has 2 N–H and O–H groups in total. The van der Waals surface area contributed by atoms with Gasteiger partial charge in [0, 0.05) is 44.8 Å². The second-order valence-corrected chi connectivity index (χ2v) is 8.14. The van der Waals surface area contributed by atoms with Crippen LogP contribution in [-0.2, 0) is 0 Å². The van der Waals surface area contributed by atoms with Crippen LogP contribution in [0.1, 0.15) is 27.7 Å². The monoisotopic (exact) mass is 535 g/mol. The number of guanidine groups is 1. The highest BCUT2D eigenvalue weighted by Gasteiger charge is 2.24. The summed E-state index contributed by atoms with van der Waals surface area (Å²) in [4.78, 5) is 9.79. The van der Waals surface area contributed by atoms with Crippen molar-refractivity contribution in [1.82, 2.24) is 20.4 Å². The minimum atomic E-state index is -0.291. The predicted molar refractivity (Wildman–Crippen MR) is 134 cm³/mol. The Morgan fingerprint density at radius 2 is 1.87 bits per heavy atom. The van der Waals surface area contributed by atoms with Crippen molar-refractivity contribution in [3.63, 3.8) is 0 Å². The Hall–Kier alpha value is -1.13. The van der Waals surface area contributed by atoms with E-state index in [0.717, 1.165) is 45.2 Å². The summed E-state index contributed by atoms with van der Waals surface area (Å²) < 4.78 is 19.1. The normalized spacial score (nSPS) is 17.9. The lowest BCUT2D eigenvalue weighted by atomic mass is 10.0. The third-order valence-electron chi connectivity index (χ3n) is 5.25. The van der Waals surface area contributed by atoms with Gasteiger partial charge in [0.1, 0.15) is 17.7 Å². The summed E-state index contributed by atoms with van der Waals surface area (Å²) in [6.45, 7) is 15.1. The Morgan fingerprint density at radius 1 is 1.17 bits per heavy atom. The number of likely N-dealkylation sites (N-methyl/N-ethyl adjacent to an activating group) is 1. The Morgan fingerprint density at radius 3 is 2.47 bits per heavy atom. The number of nitrogens with one attached hydrogen (secondary N) is 2. The smallest absolute Gasteiger partial charge is 0.191 e. The van der Waals surface area contributed by atoms with Gasteiger partial charge in [-0.25, -0.2) is 4.39 Å². The van der Waals surface area contributed by atoms with Crippen LogP contribution >= 0.6 is 24.0 Å². The van der Waals surface area contributed by atoms with Crippen molar-refractivity contribution in [3.05, 3.63) is 30.1 Å². The summed E-state index contributed by atoms with van der Waals surface area (Å²) in [6.07, 6.45) is -0.112. The van der Waals surface area contributed by atoms with Gasteiger partial charge in [0.15, 0.2) is 5.96 Å².